The molecule has 0 radical (unpaired) electrons. The zero-order valence-electron chi connectivity index (χ0n) is 12.3. The molecule has 5 heteroatoms. The highest BCUT2D eigenvalue weighted by molar-refractivity contribution is 4.87. The maximum atomic E-state index is 10.1. The van der Waals surface area contributed by atoms with E-state index < -0.39 is 5.60 Å². The monoisotopic (exact) mass is 266 g/mol. The third kappa shape index (κ3) is 4.28. The number of hydrogen-bond donors (Lipinski definition) is 1. The molecule has 0 aliphatic carbocycles. The highest BCUT2D eigenvalue weighted by atomic mass is 16.3. The lowest BCUT2D eigenvalue weighted by Gasteiger charge is -2.22. The molecular weight excluding hydrogens is 240 g/mol. The van der Waals surface area contributed by atoms with E-state index in [1.807, 2.05) is 11.6 Å². The van der Waals surface area contributed by atoms with Crippen LogP contribution in [0, 0.1) is 5.92 Å². The van der Waals surface area contributed by atoms with Crippen LogP contribution in [0.25, 0.3) is 0 Å². The maximum Gasteiger partial charge on any atom is 0.141 e. The predicted molar refractivity (Wildman–Crippen MR) is 74.6 cm³/mol. The first-order valence-electron chi connectivity index (χ1n) is 7.28. The summed E-state index contributed by atoms with van der Waals surface area (Å²) in [6.07, 6.45) is 4.42. The van der Waals surface area contributed by atoms with Gasteiger partial charge in [0.1, 0.15) is 12.2 Å². The highest BCUT2D eigenvalue weighted by Gasteiger charge is 2.25. The molecule has 0 amide bonds. The summed E-state index contributed by atoms with van der Waals surface area (Å²) in [5, 5.41) is 14.4. The molecule has 2 heterocycles. The number of hydrogen-bond acceptors (Lipinski definition) is 4. The fraction of sp³-hybridized carbons (Fsp3) is 0.857. The Balaban J connectivity index is 1.95. The molecule has 1 aromatic rings. The van der Waals surface area contributed by atoms with Gasteiger partial charge in [0.25, 0.3) is 0 Å². The summed E-state index contributed by atoms with van der Waals surface area (Å²) in [6.45, 7) is 10.0. The molecular formula is C14H26N4O. The van der Waals surface area contributed by atoms with Crippen molar-refractivity contribution in [1.82, 2.24) is 19.7 Å². The molecule has 1 aromatic heterocycles. The fourth-order valence-corrected chi connectivity index (χ4v) is 2.59. The smallest absolute Gasteiger partial charge is 0.141 e. The van der Waals surface area contributed by atoms with E-state index in [4.69, 9.17) is 0 Å². The highest BCUT2D eigenvalue weighted by Crippen LogP contribution is 2.22. The quantitative estimate of drug-likeness (QED) is 0.900. The molecule has 1 atom stereocenters. The van der Waals surface area contributed by atoms with Gasteiger partial charge in [-0.2, -0.15) is 5.10 Å². The van der Waals surface area contributed by atoms with Crippen molar-refractivity contribution in [2.75, 3.05) is 13.1 Å². The van der Waals surface area contributed by atoms with Crippen LogP contribution in [0.2, 0.25) is 0 Å². The number of nitrogens with zero attached hydrogens (tertiary/aromatic N) is 4. The van der Waals surface area contributed by atoms with E-state index >= 15 is 0 Å². The molecule has 0 bridgehead atoms. The van der Waals surface area contributed by atoms with Gasteiger partial charge in [-0.05, 0) is 38.6 Å². The molecule has 0 aromatic carbocycles. The van der Waals surface area contributed by atoms with E-state index in [2.05, 4.69) is 28.8 Å². The van der Waals surface area contributed by atoms with Crippen molar-refractivity contribution in [3.8, 4) is 0 Å². The first-order valence-corrected chi connectivity index (χ1v) is 7.28. The Kier molecular flexibility index (Phi) is 4.58. The van der Waals surface area contributed by atoms with E-state index in [0.29, 0.717) is 5.92 Å². The van der Waals surface area contributed by atoms with Crippen LogP contribution in [0.3, 0.4) is 0 Å². The molecule has 1 aliphatic rings. The Bertz CT molecular complexity index is 400. The van der Waals surface area contributed by atoms with Gasteiger partial charge in [-0.15, -0.1) is 0 Å². The average Bonchev–Trinajstić information content (AvgIpc) is 2.64. The molecule has 1 aliphatic heterocycles. The standard InChI is InChI=1S/C14H26N4O/c1-12(2)9-18-13(15-11-16-18)10-17-7-4-5-14(3,19)6-8-17/h11-12,19H,4-10H2,1-3H3. The third-order valence-electron chi connectivity index (χ3n) is 3.76. The number of aromatic nitrogens is 3. The maximum absolute atomic E-state index is 10.1. The fourth-order valence-electron chi connectivity index (χ4n) is 2.59. The minimum atomic E-state index is -0.500. The van der Waals surface area contributed by atoms with Crippen LogP contribution in [0.4, 0.5) is 0 Å². The van der Waals surface area contributed by atoms with Gasteiger partial charge in [-0.25, -0.2) is 9.67 Å². The van der Waals surface area contributed by atoms with Crippen LogP contribution in [0.15, 0.2) is 6.33 Å². The molecule has 0 spiro atoms. The van der Waals surface area contributed by atoms with Crippen molar-refractivity contribution in [3.05, 3.63) is 12.2 Å². The van der Waals surface area contributed by atoms with Crippen molar-refractivity contribution in [2.24, 2.45) is 5.92 Å². The molecule has 2 rings (SSSR count). The van der Waals surface area contributed by atoms with Gasteiger partial charge in [0.05, 0.1) is 12.1 Å². The van der Waals surface area contributed by atoms with E-state index in [0.717, 1.165) is 51.3 Å². The van der Waals surface area contributed by atoms with Crippen molar-refractivity contribution in [2.45, 2.75) is 58.7 Å². The summed E-state index contributed by atoms with van der Waals surface area (Å²) in [5.41, 5.74) is -0.500. The Morgan fingerprint density at radius 2 is 2.16 bits per heavy atom. The van der Waals surface area contributed by atoms with Crippen LogP contribution in [-0.2, 0) is 13.1 Å². The van der Waals surface area contributed by atoms with E-state index in [-0.39, 0.29) is 0 Å². The molecule has 19 heavy (non-hydrogen) atoms. The van der Waals surface area contributed by atoms with Crippen LogP contribution in [0.1, 0.15) is 45.9 Å². The lowest BCUT2D eigenvalue weighted by Crippen LogP contribution is -2.29. The van der Waals surface area contributed by atoms with E-state index in [1.165, 1.54) is 0 Å². The largest absolute Gasteiger partial charge is 0.390 e. The minimum Gasteiger partial charge on any atom is -0.390 e. The topological polar surface area (TPSA) is 54.2 Å². The second-order valence-electron chi connectivity index (χ2n) is 6.38. The van der Waals surface area contributed by atoms with Crippen molar-refractivity contribution < 1.29 is 5.11 Å². The van der Waals surface area contributed by atoms with Gasteiger partial charge in [-0.1, -0.05) is 13.8 Å². The van der Waals surface area contributed by atoms with Crippen molar-refractivity contribution >= 4 is 0 Å². The molecule has 108 valence electrons. The summed E-state index contributed by atoms with van der Waals surface area (Å²) < 4.78 is 2.01. The van der Waals surface area contributed by atoms with E-state index in [1.54, 1.807) is 6.33 Å². The first kappa shape index (κ1) is 14.5. The summed E-state index contributed by atoms with van der Waals surface area (Å²) in [6, 6.07) is 0. The number of rotatable bonds is 4. The summed E-state index contributed by atoms with van der Waals surface area (Å²) in [5.74, 6) is 1.61. The van der Waals surface area contributed by atoms with Gasteiger partial charge in [0, 0.05) is 13.1 Å². The number of likely N-dealkylation sites (tertiary alicyclic amines) is 1. The summed E-state index contributed by atoms with van der Waals surface area (Å²) >= 11 is 0. The van der Waals surface area contributed by atoms with E-state index in [9.17, 15) is 5.11 Å². The zero-order chi connectivity index (χ0) is 13.9. The normalized spacial score (nSPS) is 25.7. The molecule has 1 fully saturated rings. The Hall–Kier alpha value is -0.940. The molecule has 1 saturated heterocycles. The summed E-state index contributed by atoms with van der Waals surface area (Å²) in [4.78, 5) is 6.76. The number of aliphatic hydroxyl groups is 1. The van der Waals surface area contributed by atoms with Gasteiger partial charge in [-0.3, -0.25) is 4.90 Å². The van der Waals surface area contributed by atoms with Crippen LogP contribution >= 0.6 is 0 Å². The zero-order valence-corrected chi connectivity index (χ0v) is 12.3. The molecule has 5 nitrogen and oxygen atoms in total. The first-order chi connectivity index (χ1) is 8.96. The second kappa shape index (κ2) is 6.01. The average molecular weight is 266 g/mol. The lowest BCUT2D eigenvalue weighted by molar-refractivity contribution is 0.0443. The van der Waals surface area contributed by atoms with Crippen LogP contribution in [0.5, 0.6) is 0 Å². The Morgan fingerprint density at radius 1 is 1.37 bits per heavy atom. The molecule has 0 saturated carbocycles. The second-order valence-corrected chi connectivity index (χ2v) is 6.38. The van der Waals surface area contributed by atoms with Crippen LogP contribution in [-0.4, -0.2) is 43.5 Å². The van der Waals surface area contributed by atoms with Crippen LogP contribution < -0.4 is 0 Å². The summed E-state index contributed by atoms with van der Waals surface area (Å²) in [7, 11) is 0. The van der Waals surface area contributed by atoms with Gasteiger partial charge in [0.15, 0.2) is 0 Å². The van der Waals surface area contributed by atoms with Gasteiger partial charge in [0.2, 0.25) is 0 Å². The minimum absolute atomic E-state index is 0.500. The Labute approximate surface area is 115 Å². The third-order valence-corrected chi connectivity index (χ3v) is 3.76. The Morgan fingerprint density at radius 3 is 2.89 bits per heavy atom. The van der Waals surface area contributed by atoms with Crippen molar-refractivity contribution in [3.63, 3.8) is 0 Å². The van der Waals surface area contributed by atoms with Gasteiger partial charge < -0.3 is 5.11 Å². The molecule has 1 N–H and O–H groups in total. The van der Waals surface area contributed by atoms with Gasteiger partial charge >= 0.3 is 0 Å². The SMILES string of the molecule is CC(C)Cn1ncnc1CN1CCCC(C)(O)CC1. The van der Waals surface area contributed by atoms with Crippen molar-refractivity contribution in [1.29, 1.82) is 0 Å². The predicted octanol–water partition coefficient (Wildman–Crippen LogP) is 1.67. The lowest BCUT2D eigenvalue weighted by atomic mass is 9.98. The molecule has 1 unspecified atom stereocenters.